The van der Waals surface area contributed by atoms with E-state index in [0.29, 0.717) is 19.5 Å². The number of hydrogen-bond donors (Lipinski definition) is 1. The maximum atomic E-state index is 12.5. The normalized spacial score (nSPS) is 28.1. The number of amides is 3. The molecule has 2 fully saturated rings. The van der Waals surface area contributed by atoms with E-state index in [1.807, 2.05) is 30.3 Å². The highest BCUT2D eigenvalue weighted by Crippen LogP contribution is 2.52. The van der Waals surface area contributed by atoms with Crippen LogP contribution in [0.5, 0.6) is 0 Å². The van der Waals surface area contributed by atoms with E-state index < -0.39 is 0 Å². The van der Waals surface area contributed by atoms with Gasteiger partial charge in [-0.15, -0.1) is 0 Å². The van der Waals surface area contributed by atoms with Crippen LogP contribution in [0.2, 0.25) is 0 Å². The minimum absolute atomic E-state index is 0.0351. The van der Waals surface area contributed by atoms with Crippen LogP contribution in [-0.2, 0) is 14.4 Å². The summed E-state index contributed by atoms with van der Waals surface area (Å²) in [6.45, 7) is 0.746. The molecule has 0 radical (unpaired) electrons. The summed E-state index contributed by atoms with van der Waals surface area (Å²) in [5, 5.41) is 2.71. The molecule has 1 aromatic carbocycles. The van der Waals surface area contributed by atoms with Crippen molar-refractivity contribution in [3.05, 3.63) is 48.0 Å². The van der Waals surface area contributed by atoms with Crippen LogP contribution in [0.4, 0.5) is 0 Å². The third kappa shape index (κ3) is 2.92. The lowest BCUT2D eigenvalue weighted by Gasteiger charge is -2.16. The van der Waals surface area contributed by atoms with E-state index in [9.17, 15) is 14.4 Å². The number of likely N-dealkylation sites (tertiary alicyclic amines) is 1. The van der Waals surface area contributed by atoms with Gasteiger partial charge >= 0.3 is 0 Å². The lowest BCUT2D eigenvalue weighted by atomic mass is 9.85. The summed E-state index contributed by atoms with van der Waals surface area (Å²) >= 11 is 0. The molecule has 0 aromatic heterocycles. The van der Waals surface area contributed by atoms with Crippen LogP contribution in [0.25, 0.3) is 0 Å². The molecule has 3 aliphatic rings. The molecule has 1 aliphatic heterocycles. The Morgan fingerprint density at radius 1 is 1.08 bits per heavy atom. The van der Waals surface area contributed by atoms with E-state index in [-0.39, 0.29) is 41.4 Å². The Bertz CT molecular complexity index is 804. The van der Waals surface area contributed by atoms with Gasteiger partial charge in [-0.05, 0) is 36.8 Å². The van der Waals surface area contributed by atoms with Crippen LogP contribution in [-0.4, -0.2) is 35.7 Å². The zero-order chi connectivity index (χ0) is 18.1. The number of carbonyl (C=O) groups excluding carboxylic acids is 3. The molecule has 4 atom stereocenters. The minimum Gasteiger partial charge on any atom is -0.345 e. The first-order valence-corrected chi connectivity index (χ1v) is 9.03. The van der Waals surface area contributed by atoms with Gasteiger partial charge in [-0.2, -0.15) is 0 Å². The fraction of sp³-hybridized carbons (Fsp3) is 0.381. The number of nitrogens with zero attached hydrogens (tertiary/aromatic N) is 1. The molecule has 5 nitrogen and oxygen atoms in total. The Balaban J connectivity index is 1.25. The molecular formula is C21H20N2O3. The number of allylic oxidation sites excluding steroid dienone is 2. The van der Waals surface area contributed by atoms with Gasteiger partial charge in [0.05, 0.1) is 11.8 Å². The maximum absolute atomic E-state index is 12.5. The second kappa shape index (κ2) is 6.80. The fourth-order valence-corrected chi connectivity index (χ4v) is 4.32. The third-order valence-electron chi connectivity index (χ3n) is 5.50. The number of hydrogen-bond acceptors (Lipinski definition) is 3. The minimum atomic E-state index is -0.355. The smallest absolute Gasteiger partial charge is 0.296 e. The molecule has 0 spiro atoms. The first-order chi connectivity index (χ1) is 12.6. The second-order valence-corrected chi connectivity index (χ2v) is 7.05. The Morgan fingerprint density at radius 3 is 2.38 bits per heavy atom. The molecule has 1 saturated heterocycles. The molecule has 4 rings (SSSR count). The third-order valence-corrected chi connectivity index (χ3v) is 5.50. The van der Waals surface area contributed by atoms with Gasteiger partial charge in [0, 0.05) is 24.6 Å². The van der Waals surface area contributed by atoms with E-state index in [2.05, 4.69) is 29.3 Å². The van der Waals surface area contributed by atoms with Crippen molar-refractivity contribution in [1.29, 1.82) is 0 Å². The van der Waals surface area contributed by atoms with Gasteiger partial charge in [0.25, 0.3) is 5.91 Å². The number of fused-ring (bicyclic) bond motifs is 5. The number of rotatable bonds is 4. The molecule has 2 aliphatic carbocycles. The zero-order valence-corrected chi connectivity index (χ0v) is 14.4. The highest BCUT2D eigenvalue weighted by atomic mass is 16.2. The van der Waals surface area contributed by atoms with Crippen LogP contribution in [0.15, 0.2) is 42.5 Å². The fourth-order valence-electron chi connectivity index (χ4n) is 4.32. The summed E-state index contributed by atoms with van der Waals surface area (Å²) < 4.78 is 0. The lowest BCUT2D eigenvalue weighted by Crippen LogP contribution is -2.35. The Morgan fingerprint density at radius 2 is 1.73 bits per heavy atom. The van der Waals surface area contributed by atoms with Crippen molar-refractivity contribution in [2.45, 2.75) is 12.8 Å². The molecule has 1 saturated carbocycles. The first-order valence-electron chi connectivity index (χ1n) is 9.03. The number of nitrogens with one attached hydrogen (secondary N) is 1. The van der Waals surface area contributed by atoms with Crippen molar-refractivity contribution in [2.24, 2.45) is 23.7 Å². The van der Waals surface area contributed by atoms with Crippen molar-refractivity contribution < 1.29 is 14.4 Å². The SMILES string of the molecule is O=C(C#Cc1ccccc1)NCCCN1C(=O)[C@H]2[C@H](C1=O)[C@H]1C=C[C@H]2C1. The van der Waals surface area contributed by atoms with Crippen LogP contribution >= 0.6 is 0 Å². The second-order valence-electron chi connectivity index (χ2n) is 7.05. The first kappa shape index (κ1) is 16.6. The van der Waals surface area contributed by atoms with Gasteiger partial charge in [0.2, 0.25) is 11.8 Å². The molecule has 5 heteroatoms. The van der Waals surface area contributed by atoms with Gasteiger partial charge in [-0.3, -0.25) is 19.3 Å². The predicted molar refractivity (Wildman–Crippen MR) is 95.4 cm³/mol. The van der Waals surface area contributed by atoms with Crippen molar-refractivity contribution >= 4 is 17.7 Å². The molecule has 3 amide bonds. The standard InChI is InChI=1S/C21H20N2O3/c24-17(10-7-14-5-2-1-3-6-14)22-11-4-12-23-20(25)18-15-8-9-16(13-15)19(18)21(23)26/h1-3,5-6,8-9,15-16,18-19H,4,11-13H2,(H,22,24)/t15-,16-,18+,19+/m0/s1. The van der Waals surface area contributed by atoms with E-state index >= 15 is 0 Å². The van der Waals surface area contributed by atoms with Crippen molar-refractivity contribution in [3.8, 4) is 11.8 Å². The Kier molecular flexibility index (Phi) is 4.34. The van der Waals surface area contributed by atoms with Gasteiger partial charge in [0.15, 0.2) is 0 Å². The summed E-state index contributed by atoms with van der Waals surface area (Å²) in [6.07, 6.45) is 5.66. The predicted octanol–water partition coefficient (Wildman–Crippen LogP) is 1.35. The summed E-state index contributed by atoms with van der Waals surface area (Å²) in [4.78, 5) is 38.2. The topological polar surface area (TPSA) is 66.5 Å². The Hall–Kier alpha value is -2.87. The van der Waals surface area contributed by atoms with Crippen molar-refractivity contribution in [2.75, 3.05) is 13.1 Å². The molecule has 132 valence electrons. The van der Waals surface area contributed by atoms with E-state index in [1.165, 1.54) is 4.90 Å². The average molecular weight is 348 g/mol. The largest absolute Gasteiger partial charge is 0.345 e. The van der Waals surface area contributed by atoms with E-state index in [0.717, 1.165) is 12.0 Å². The highest BCUT2D eigenvalue weighted by molar-refractivity contribution is 6.06. The van der Waals surface area contributed by atoms with Crippen LogP contribution in [0, 0.1) is 35.5 Å². The number of imide groups is 1. The van der Waals surface area contributed by atoms with Crippen LogP contribution in [0.3, 0.4) is 0 Å². The monoisotopic (exact) mass is 348 g/mol. The molecular weight excluding hydrogens is 328 g/mol. The average Bonchev–Trinajstić information content (AvgIpc) is 3.33. The zero-order valence-electron chi connectivity index (χ0n) is 14.4. The van der Waals surface area contributed by atoms with Gasteiger partial charge in [-0.1, -0.05) is 36.3 Å². The molecule has 1 N–H and O–H groups in total. The van der Waals surface area contributed by atoms with Crippen LogP contribution in [0.1, 0.15) is 18.4 Å². The summed E-state index contributed by atoms with van der Waals surface area (Å²) in [5.41, 5.74) is 0.783. The molecule has 1 aromatic rings. The van der Waals surface area contributed by atoms with E-state index in [4.69, 9.17) is 0 Å². The number of benzene rings is 1. The lowest BCUT2D eigenvalue weighted by molar-refractivity contribution is -0.140. The summed E-state index contributed by atoms with van der Waals surface area (Å²) in [5.74, 6) is 5.09. The van der Waals surface area contributed by atoms with Gasteiger partial charge < -0.3 is 5.32 Å². The molecule has 26 heavy (non-hydrogen) atoms. The summed E-state index contributed by atoms with van der Waals surface area (Å²) in [6, 6.07) is 9.29. The molecule has 1 heterocycles. The Labute approximate surface area is 152 Å². The number of carbonyl (C=O) groups is 3. The molecule has 2 bridgehead atoms. The van der Waals surface area contributed by atoms with Crippen molar-refractivity contribution in [3.63, 3.8) is 0 Å². The quantitative estimate of drug-likeness (QED) is 0.387. The summed E-state index contributed by atoms with van der Waals surface area (Å²) in [7, 11) is 0. The highest BCUT2D eigenvalue weighted by Gasteiger charge is 2.58. The molecule has 0 unspecified atom stereocenters. The van der Waals surface area contributed by atoms with Gasteiger partial charge in [0.1, 0.15) is 0 Å². The van der Waals surface area contributed by atoms with Crippen molar-refractivity contribution in [1.82, 2.24) is 10.2 Å². The maximum Gasteiger partial charge on any atom is 0.296 e. The van der Waals surface area contributed by atoms with E-state index in [1.54, 1.807) is 0 Å². The van der Waals surface area contributed by atoms with Crippen LogP contribution < -0.4 is 5.32 Å². The van der Waals surface area contributed by atoms with Gasteiger partial charge in [-0.25, -0.2) is 0 Å².